The van der Waals surface area contributed by atoms with Crippen LogP contribution < -0.4 is 4.74 Å². The van der Waals surface area contributed by atoms with Crippen LogP contribution in [0.3, 0.4) is 0 Å². The Morgan fingerprint density at radius 2 is 2.18 bits per heavy atom. The Balaban J connectivity index is 2.26. The number of benzene rings is 1. The predicted molar refractivity (Wildman–Crippen MR) is 60.5 cm³/mol. The van der Waals surface area contributed by atoms with Crippen molar-refractivity contribution in [3.8, 4) is 11.6 Å². The van der Waals surface area contributed by atoms with E-state index in [-0.39, 0.29) is 16.5 Å². The van der Waals surface area contributed by atoms with Gasteiger partial charge in [0.2, 0.25) is 5.88 Å². The zero-order chi connectivity index (χ0) is 12.3. The fraction of sp³-hybridized carbons (Fsp3) is 0. The van der Waals surface area contributed by atoms with Crippen molar-refractivity contribution in [2.75, 3.05) is 0 Å². The molecule has 1 aromatic carbocycles. The number of hydrogen-bond acceptors (Lipinski definition) is 4. The van der Waals surface area contributed by atoms with E-state index >= 15 is 0 Å². The molecule has 5 nitrogen and oxygen atoms in total. The lowest BCUT2D eigenvalue weighted by Crippen LogP contribution is -1.96. The Labute approximate surface area is 102 Å². The molecule has 0 atom stereocenters. The summed E-state index contributed by atoms with van der Waals surface area (Å²) in [5, 5.41) is 8.97. The van der Waals surface area contributed by atoms with Crippen molar-refractivity contribution in [2.24, 2.45) is 0 Å². The van der Waals surface area contributed by atoms with Gasteiger partial charge in [-0.05, 0) is 18.2 Å². The van der Waals surface area contributed by atoms with Gasteiger partial charge in [-0.25, -0.2) is 9.78 Å². The normalized spacial score (nSPS) is 9.94. The van der Waals surface area contributed by atoms with Crippen molar-refractivity contribution in [2.45, 2.75) is 0 Å². The minimum atomic E-state index is -1.04. The fourth-order valence-corrected chi connectivity index (χ4v) is 1.39. The van der Waals surface area contributed by atoms with Gasteiger partial charge in [-0.2, -0.15) is 0 Å². The third-order valence-electron chi connectivity index (χ3n) is 1.93. The summed E-state index contributed by atoms with van der Waals surface area (Å²) in [6.07, 6.45) is 4.43. The van der Waals surface area contributed by atoms with Crippen molar-refractivity contribution in [3.63, 3.8) is 0 Å². The number of ether oxygens (including phenoxy) is 1. The van der Waals surface area contributed by atoms with E-state index in [1.54, 1.807) is 0 Å². The summed E-state index contributed by atoms with van der Waals surface area (Å²) in [6.45, 7) is 0. The van der Waals surface area contributed by atoms with Crippen LogP contribution in [0.5, 0.6) is 11.6 Å². The van der Waals surface area contributed by atoms with E-state index in [9.17, 15) is 4.79 Å². The average Bonchev–Trinajstić information content (AvgIpc) is 2.33. The average molecular weight is 251 g/mol. The summed E-state index contributed by atoms with van der Waals surface area (Å²) in [5.74, 6) is -0.424. The van der Waals surface area contributed by atoms with Crippen molar-refractivity contribution >= 4 is 17.6 Å². The summed E-state index contributed by atoms with van der Waals surface area (Å²) >= 11 is 5.89. The second-order valence-corrected chi connectivity index (χ2v) is 3.50. The van der Waals surface area contributed by atoms with Crippen molar-refractivity contribution in [1.82, 2.24) is 9.97 Å². The molecule has 2 rings (SSSR count). The highest BCUT2D eigenvalue weighted by Gasteiger charge is 2.08. The van der Waals surface area contributed by atoms with Gasteiger partial charge in [-0.15, -0.1) is 0 Å². The zero-order valence-corrected chi connectivity index (χ0v) is 9.26. The maximum Gasteiger partial charge on any atom is 0.335 e. The highest BCUT2D eigenvalue weighted by Crippen LogP contribution is 2.28. The number of hydrogen-bond donors (Lipinski definition) is 1. The molecular weight excluding hydrogens is 244 g/mol. The number of rotatable bonds is 3. The smallest absolute Gasteiger partial charge is 0.335 e. The van der Waals surface area contributed by atoms with E-state index in [2.05, 4.69) is 9.97 Å². The molecule has 0 bridgehead atoms. The Kier molecular flexibility index (Phi) is 3.20. The largest absolute Gasteiger partial charge is 0.478 e. The van der Waals surface area contributed by atoms with E-state index < -0.39 is 5.97 Å². The van der Waals surface area contributed by atoms with Crippen LogP contribution in [0.2, 0.25) is 5.02 Å². The number of aromatic carboxylic acids is 1. The number of nitrogens with zero attached hydrogens (tertiary/aromatic N) is 2. The molecule has 0 aliphatic carbocycles. The first kappa shape index (κ1) is 11.3. The van der Waals surface area contributed by atoms with Crippen LogP contribution in [0.25, 0.3) is 0 Å². The minimum Gasteiger partial charge on any atom is -0.478 e. The summed E-state index contributed by atoms with van der Waals surface area (Å²) in [5.41, 5.74) is 0.0986. The lowest BCUT2D eigenvalue weighted by Gasteiger charge is -2.06. The van der Waals surface area contributed by atoms with Crippen LogP contribution in [-0.4, -0.2) is 21.0 Å². The fourth-order valence-electron chi connectivity index (χ4n) is 1.17. The lowest BCUT2D eigenvalue weighted by atomic mass is 10.2. The predicted octanol–water partition coefficient (Wildman–Crippen LogP) is 2.62. The minimum absolute atomic E-state index is 0.0986. The summed E-state index contributed by atoms with van der Waals surface area (Å²) in [6, 6.07) is 4.19. The number of carboxylic acids is 1. The van der Waals surface area contributed by atoms with Crippen LogP contribution in [0.15, 0.2) is 36.8 Å². The SMILES string of the molecule is O=C(O)c1ccc(Oc2cnccn2)c(Cl)c1. The summed E-state index contributed by atoms with van der Waals surface area (Å²) in [4.78, 5) is 18.4. The first-order valence-electron chi connectivity index (χ1n) is 4.63. The van der Waals surface area contributed by atoms with Gasteiger partial charge in [-0.3, -0.25) is 4.98 Å². The van der Waals surface area contributed by atoms with Gasteiger partial charge >= 0.3 is 5.97 Å². The molecule has 1 N–H and O–H groups in total. The molecule has 6 heteroatoms. The van der Waals surface area contributed by atoms with Gasteiger partial charge < -0.3 is 9.84 Å². The van der Waals surface area contributed by atoms with Crippen LogP contribution >= 0.6 is 11.6 Å². The lowest BCUT2D eigenvalue weighted by molar-refractivity contribution is 0.0697. The van der Waals surface area contributed by atoms with Crippen LogP contribution in [0.1, 0.15) is 10.4 Å². The highest BCUT2D eigenvalue weighted by molar-refractivity contribution is 6.32. The molecule has 0 spiro atoms. The Morgan fingerprint density at radius 3 is 2.76 bits per heavy atom. The molecule has 86 valence electrons. The number of aromatic nitrogens is 2. The van der Waals surface area contributed by atoms with Crippen LogP contribution in [0, 0.1) is 0 Å². The van der Waals surface area contributed by atoms with Crippen LogP contribution in [-0.2, 0) is 0 Å². The molecule has 0 fully saturated rings. The molecule has 0 aliphatic heterocycles. The van der Waals surface area contributed by atoms with Crippen LogP contribution in [0.4, 0.5) is 0 Å². The van der Waals surface area contributed by atoms with Gasteiger partial charge in [0.05, 0.1) is 16.8 Å². The standard InChI is InChI=1S/C11H7ClN2O3/c12-8-5-7(11(15)16)1-2-9(8)17-10-6-13-3-4-14-10/h1-6H,(H,15,16). The Bertz CT molecular complexity index is 546. The van der Waals surface area contributed by atoms with Gasteiger partial charge in [0.1, 0.15) is 5.75 Å². The second kappa shape index (κ2) is 4.80. The maximum atomic E-state index is 10.7. The molecule has 0 amide bonds. The molecule has 0 saturated heterocycles. The second-order valence-electron chi connectivity index (χ2n) is 3.10. The molecule has 0 saturated carbocycles. The monoisotopic (exact) mass is 250 g/mol. The summed E-state index contributed by atoms with van der Waals surface area (Å²) < 4.78 is 5.35. The first-order valence-corrected chi connectivity index (χ1v) is 5.01. The van der Waals surface area contributed by atoms with Gasteiger partial charge in [0.15, 0.2) is 0 Å². The molecule has 0 radical (unpaired) electrons. The maximum absolute atomic E-state index is 10.7. The van der Waals surface area contributed by atoms with Gasteiger partial charge in [0, 0.05) is 12.4 Å². The highest BCUT2D eigenvalue weighted by atomic mass is 35.5. The van der Waals surface area contributed by atoms with E-state index in [4.69, 9.17) is 21.4 Å². The third kappa shape index (κ3) is 2.70. The molecule has 0 unspecified atom stereocenters. The van der Waals surface area contributed by atoms with E-state index in [0.29, 0.717) is 5.75 Å². The van der Waals surface area contributed by atoms with Crippen molar-refractivity contribution in [3.05, 3.63) is 47.4 Å². The van der Waals surface area contributed by atoms with E-state index in [1.165, 1.54) is 36.8 Å². The molecule has 1 heterocycles. The molecule has 1 aromatic heterocycles. The van der Waals surface area contributed by atoms with E-state index in [0.717, 1.165) is 0 Å². The molecule has 2 aromatic rings. The Hall–Kier alpha value is -2.14. The van der Waals surface area contributed by atoms with Crippen molar-refractivity contribution < 1.29 is 14.6 Å². The van der Waals surface area contributed by atoms with Gasteiger partial charge in [-0.1, -0.05) is 11.6 Å². The Morgan fingerprint density at radius 1 is 1.35 bits per heavy atom. The number of carboxylic acid groups (broad SMARTS) is 1. The zero-order valence-electron chi connectivity index (χ0n) is 8.50. The number of carbonyl (C=O) groups is 1. The molecule has 17 heavy (non-hydrogen) atoms. The topological polar surface area (TPSA) is 72.3 Å². The number of halogens is 1. The van der Waals surface area contributed by atoms with Gasteiger partial charge in [0.25, 0.3) is 0 Å². The quantitative estimate of drug-likeness (QED) is 0.907. The van der Waals surface area contributed by atoms with E-state index in [1.807, 2.05) is 0 Å². The van der Waals surface area contributed by atoms with Crippen molar-refractivity contribution in [1.29, 1.82) is 0 Å². The molecule has 0 aliphatic rings. The summed E-state index contributed by atoms with van der Waals surface area (Å²) in [7, 11) is 0. The first-order chi connectivity index (χ1) is 8.16. The third-order valence-corrected chi connectivity index (χ3v) is 2.23. The molecular formula is C11H7ClN2O3.